The van der Waals surface area contributed by atoms with Gasteiger partial charge in [-0.15, -0.1) is 0 Å². The SMILES string of the molecule is CC(=O)NCC1CCCN(Cc2ccc(CCC(C)(C)O)cc2)C1. The lowest BCUT2D eigenvalue weighted by atomic mass is 9.96. The highest BCUT2D eigenvalue weighted by atomic mass is 16.3. The highest BCUT2D eigenvalue weighted by Crippen LogP contribution is 2.19. The van der Waals surface area contributed by atoms with Gasteiger partial charge in [0.05, 0.1) is 5.60 Å². The molecule has 0 aliphatic carbocycles. The zero-order chi connectivity index (χ0) is 17.6. The second-order valence-corrected chi connectivity index (χ2v) is 7.81. The van der Waals surface area contributed by atoms with Crippen molar-refractivity contribution in [3.63, 3.8) is 0 Å². The molecule has 1 saturated heterocycles. The molecule has 0 saturated carbocycles. The Bertz CT molecular complexity index is 519. The standard InChI is InChI=1S/C20H32N2O2/c1-16(23)21-13-19-5-4-12-22(15-19)14-18-8-6-17(7-9-18)10-11-20(2,3)24/h6-9,19,24H,4-5,10-15H2,1-3H3,(H,21,23). The van der Waals surface area contributed by atoms with Gasteiger partial charge in [0, 0.05) is 26.6 Å². The number of piperidine rings is 1. The van der Waals surface area contributed by atoms with Crippen LogP contribution < -0.4 is 5.32 Å². The number of nitrogens with zero attached hydrogens (tertiary/aromatic N) is 1. The Labute approximate surface area is 146 Å². The maximum atomic E-state index is 11.1. The number of hydrogen-bond acceptors (Lipinski definition) is 3. The summed E-state index contributed by atoms with van der Waals surface area (Å²) >= 11 is 0. The molecule has 1 aromatic rings. The van der Waals surface area contributed by atoms with Crippen molar-refractivity contribution in [3.05, 3.63) is 35.4 Å². The maximum Gasteiger partial charge on any atom is 0.216 e. The molecule has 1 unspecified atom stereocenters. The molecule has 4 heteroatoms. The number of aliphatic hydroxyl groups is 1. The maximum absolute atomic E-state index is 11.1. The number of nitrogens with one attached hydrogen (secondary N) is 1. The van der Waals surface area contributed by atoms with Crippen LogP contribution in [0.25, 0.3) is 0 Å². The molecule has 134 valence electrons. The Balaban J connectivity index is 1.81. The average Bonchev–Trinajstić information content (AvgIpc) is 2.52. The van der Waals surface area contributed by atoms with Gasteiger partial charge in [0.25, 0.3) is 0 Å². The number of hydrogen-bond donors (Lipinski definition) is 2. The zero-order valence-corrected chi connectivity index (χ0v) is 15.3. The van der Waals surface area contributed by atoms with Crippen LogP contribution in [0, 0.1) is 5.92 Å². The molecule has 1 fully saturated rings. The lowest BCUT2D eigenvalue weighted by molar-refractivity contribution is -0.119. The Morgan fingerprint density at radius 2 is 1.96 bits per heavy atom. The summed E-state index contributed by atoms with van der Waals surface area (Å²) in [5.41, 5.74) is 2.01. The molecular weight excluding hydrogens is 300 g/mol. The first-order valence-corrected chi connectivity index (χ1v) is 9.09. The Morgan fingerprint density at radius 1 is 1.29 bits per heavy atom. The van der Waals surface area contributed by atoms with E-state index < -0.39 is 5.60 Å². The molecule has 2 N–H and O–H groups in total. The van der Waals surface area contributed by atoms with Crippen molar-refractivity contribution in [1.29, 1.82) is 0 Å². The molecule has 0 bridgehead atoms. The Hall–Kier alpha value is -1.39. The van der Waals surface area contributed by atoms with Crippen molar-refractivity contribution < 1.29 is 9.90 Å². The van der Waals surface area contributed by atoms with Crippen LogP contribution in [0.1, 0.15) is 51.2 Å². The summed E-state index contributed by atoms with van der Waals surface area (Å²) < 4.78 is 0. The monoisotopic (exact) mass is 332 g/mol. The van der Waals surface area contributed by atoms with E-state index in [1.165, 1.54) is 24.0 Å². The van der Waals surface area contributed by atoms with E-state index in [-0.39, 0.29) is 5.91 Å². The normalized spacial score (nSPS) is 19.2. The van der Waals surface area contributed by atoms with Gasteiger partial charge in [-0.2, -0.15) is 0 Å². The number of aryl methyl sites for hydroxylation is 1. The molecule has 0 aromatic heterocycles. The van der Waals surface area contributed by atoms with E-state index in [0.717, 1.165) is 39.0 Å². The molecule has 4 nitrogen and oxygen atoms in total. The number of amides is 1. The van der Waals surface area contributed by atoms with Crippen LogP contribution in [0.4, 0.5) is 0 Å². The van der Waals surface area contributed by atoms with Gasteiger partial charge in [0.1, 0.15) is 0 Å². The molecule has 1 amide bonds. The summed E-state index contributed by atoms with van der Waals surface area (Å²) in [4.78, 5) is 13.6. The van der Waals surface area contributed by atoms with Gasteiger partial charge in [-0.25, -0.2) is 0 Å². The fourth-order valence-electron chi connectivity index (χ4n) is 3.27. The minimum atomic E-state index is -0.602. The van der Waals surface area contributed by atoms with E-state index in [4.69, 9.17) is 0 Å². The Kier molecular flexibility index (Phi) is 6.81. The van der Waals surface area contributed by atoms with Crippen LogP contribution in [-0.2, 0) is 17.8 Å². The molecule has 1 atom stereocenters. The van der Waals surface area contributed by atoms with Crippen molar-refractivity contribution in [2.45, 2.75) is 58.6 Å². The first-order valence-electron chi connectivity index (χ1n) is 9.09. The van der Waals surface area contributed by atoms with E-state index in [9.17, 15) is 9.90 Å². The van der Waals surface area contributed by atoms with Gasteiger partial charge in [-0.3, -0.25) is 9.69 Å². The van der Waals surface area contributed by atoms with E-state index in [1.54, 1.807) is 6.92 Å². The third kappa shape index (κ3) is 7.02. The minimum Gasteiger partial charge on any atom is -0.390 e. The molecule has 0 radical (unpaired) electrons. The van der Waals surface area contributed by atoms with Gasteiger partial charge in [-0.05, 0) is 63.1 Å². The van der Waals surface area contributed by atoms with Crippen molar-refractivity contribution in [2.75, 3.05) is 19.6 Å². The molecular formula is C20H32N2O2. The minimum absolute atomic E-state index is 0.0637. The molecule has 1 aliphatic rings. The summed E-state index contributed by atoms with van der Waals surface area (Å²) in [7, 11) is 0. The van der Waals surface area contributed by atoms with Crippen molar-refractivity contribution in [1.82, 2.24) is 10.2 Å². The van der Waals surface area contributed by atoms with Gasteiger partial charge < -0.3 is 10.4 Å². The summed E-state index contributed by atoms with van der Waals surface area (Å²) in [5, 5.41) is 12.8. The summed E-state index contributed by atoms with van der Waals surface area (Å²) in [6.45, 7) is 9.26. The van der Waals surface area contributed by atoms with E-state index in [0.29, 0.717) is 5.92 Å². The number of likely N-dealkylation sites (tertiary alicyclic amines) is 1. The van der Waals surface area contributed by atoms with Gasteiger partial charge in [0.15, 0.2) is 0 Å². The summed E-state index contributed by atoms with van der Waals surface area (Å²) in [6, 6.07) is 8.77. The third-order valence-electron chi connectivity index (χ3n) is 4.70. The lowest BCUT2D eigenvalue weighted by Gasteiger charge is -2.32. The first-order chi connectivity index (χ1) is 11.3. The van der Waals surface area contributed by atoms with Crippen LogP contribution in [0.2, 0.25) is 0 Å². The van der Waals surface area contributed by atoms with Crippen LogP contribution >= 0.6 is 0 Å². The third-order valence-corrected chi connectivity index (χ3v) is 4.70. The van der Waals surface area contributed by atoms with Crippen LogP contribution in [-0.4, -0.2) is 41.1 Å². The predicted molar refractivity (Wildman–Crippen MR) is 97.7 cm³/mol. The Morgan fingerprint density at radius 3 is 2.58 bits per heavy atom. The molecule has 1 heterocycles. The largest absolute Gasteiger partial charge is 0.390 e. The fourth-order valence-corrected chi connectivity index (χ4v) is 3.27. The number of benzene rings is 1. The van der Waals surface area contributed by atoms with Crippen molar-refractivity contribution in [2.24, 2.45) is 5.92 Å². The average molecular weight is 332 g/mol. The highest BCUT2D eigenvalue weighted by molar-refractivity contribution is 5.72. The predicted octanol–water partition coefficient (Wildman–Crippen LogP) is 2.74. The number of carbonyl (C=O) groups is 1. The zero-order valence-electron chi connectivity index (χ0n) is 15.3. The van der Waals surface area contributed by atoms with Crippen molar-refractivity contribution >= 4 is 5.91 Å². The number of carbonyl (C=O) groups excluding carboxylic acids is 1. The van der Waals surface area contributed by atoms with Crippen molar-refractivity contribution in [3.8, 4) is 0 Å². The molecule has 0 spiro atoms. The molecule has 24 heavy (non-hydrogen) atoms. The smallest absolute Gasteiger partial charge is 0.216 e. The lowest BCUT2D eigenvalue weighted by Crippen LogP contribution is -2.40. The quantitative estimate of drug-likeness (QED) is 0.807. The van der Waals surface area contributed by atoms with Crippen LogP contribution in [0.3, 0.4) is 0 Å². The van der Waals surface area contributed by atoms with E-state index >= 15 is 0 Å². The summed E-state index contributed by atoms with van der Waals surface area (Å²) in [5.74, 6) is 0.627. The highest BCUT2D eigenvalue weighted by Gasteiger charge is 2.20. The molecule has 2 rings (SSSR count). The second kappa shape index (κ2) is 8.63. The fraction of sp³-hybridized carbons (Fsp3) is 0.650. The molecule has 1 aromatic carbocycles. The van der Waals surface area contributed by atoms with E-state index in [2.05, 4.69) is 34.5 Å². The van der Waals surface area contributed by atoms with E-state index in [1.807, 2.05) is 13.8 Å². The first kappa shape index (κ1) is 18.9. The topological polar surface area (TPSA) is 52.6 Å². The van der Waals surface area contributed by atoms with Crippen LogP contribution in [0.15, 0.2) is 24.3 Å². The van der Waals surface area contributed by atoms with Gasteiger partial charge in [-0.1, -0.05) is 24.3 Å². The van der Waals surface area contributed by atoms with Crippen LogP contribution in [0.5, 0.6) is 0 Å². The van der Waals surface area contributed by atoms with Gasteiger partial charge in [0.2, 0.25) is 5.91 Å². The second-order valence-electron chi connectivity index (χ2n) is 7.81. The van der Waals surface area contributed by atoms with Gasteiger partial charge >= 0.3 is 0 Å². The molecule has 1 aliphatic heterocycles. The number of rotatable bonds is 7. The summed E-state index contributed by atoms with van der Waals surface area (Å²) in [6.07, 6.45) is 4.09.